The van der Waals surface area contributed by atoms with E-state index in [0.29, 0.717) is 6.54 Å². The second-order valence-corrected chi connectivity index (χ2v) is 5.26. The lowest BCUT2D eigenvalue weighted by Crippen LogP contribution is -2.17. The first kappa shape index (κ1) is 11.6. The highest BCUT2D eigenvalue weighted by atomic mass is 35.5. The molecule has 2 heterocycles. The Hall–Kier alpha value is -0.840. The van der Waals surface area contributed by atoms with Crippen molar-refractivity contribution >= 4 is 22.9 Å². The van der Waals surface area contributed by atoms with E-state index in [0.717, 1.165) is 15.8 Å². The standard InChI is InChI=1S/C11H13ClN2OS/c1-7-3-10(14-15-7)5-13-8(2)9-4-11(12)16-6-9/h3-4,6,8,13H,5H2,1-2H3. The summed E-state index contributed by atoms with van der Waals surface area (Å²) in [6.07, 6.45) is 0. The molecule has 1 unspecified atom stereocenters. The number of thiophene rings is 1. The van der Waals surface area contributed by atoms with Gasteiger partial charge in [0.2, 0.25) is 0 Å². The summed E-state index contributed by atoms with van der Waals surface area (Å²) in [4.78, 5) is 0. The van der Waals surface area contributed by atoms with Crippen LogP contribution in [0.5, 0.6) is 0 Å². The quantitative estimate of drug-likeness (QED) is 0.909. The molecule has 0 fully saturated rings. The molecular formula is C11H13ClN2OS. The Balaban J connectivity index is 1.91. The van der Waals surface area contributed by atoms with Crippen LogP contribution in [0.4, 0.5) is 0 Å². The van der Waals surface area contributed by atoms with Gasteiger partial charge in [-0.2, -0.15) is 0 Å². The van der Waals surface area contributed by atoms with Crippen LogP contribution in [0, 0.1) is 6.92 Å². The third-order valence-corrected chi connectivity index (χ3v) is 3.46. The van der Waals surface area contributed by atoms with Crippen molar-refractivity contribution in [2.75, 3.05) is 0 Å². The van der Waals surface area contributed by atoms with Gasteiger partial charge in [-0.05, 0) is 30.9 Å². The average Bonchev–Trinajstić information content (AvgIpc) is 2.84. The first-order valence-corrected chi connectivity index (χ1v) is 6.30. The molecule has 2 rings (SSSR count). The Morgan fingerprint density at radius 1 is 1.56 bits per heavy atom. The third-order valence-electron chi connectivity index (χ3n) is 2.35. The number of aryl methyl sites for hydroxylation is 1. The van der Waals surface area contributed by atoms with Gasteiger partial charge < -0.3 is 9.84 Å². The zero-order valence-electron chi connectivity index (χ0n) is 9.16. The molecule has 2 aromatic heterocycles. The Morgan fingerprint density at radius 2 is 2.38 bits per heavy atom. The number of nitrogens with one attached hydrogen (secondary N) is 1. The zero-order chi connectivity index (χ0) is 11.5. The van der Waals surface area contributed by atoms with Gasteiger partial charge in [0.1, 0.15) is 5.76 Å². The molecular weight excluding hydrogens is 244 g/mol. The van der Waals surface area contributed by atoms with Crippen molar-refractivity contribution in [2.24, 2.45) is 0 Å². The smallest absolute Gasteiger partial charge is 0.133 e. The van der Waals surface area contributed by atoms with Crippen molar-refractivity contribution in [1.29, 1.82) is 0 Å². The highest BCUT2D eigenvalue weighted by Gasteiger charge is 2.08. The molecule has 0 amide bonds. The van der Waals surface area contributed by atoms with E-state index in [4.69, 9.17) is 16.1 Å². The van der Waals surface area contributed by atoms with Crippen molar-refractivity contribution in [3.8, 4) is 0 Å². The molecule has 0 aliphatic heterocycles. The molecule has 0 spiro atoms. The van der Waals surface area contributed by atoms with Crippen molar-refractivity contribution in [1.82, 2.24) is 10.5 Å². The van der Waals surface area contributed by atoms with Crippen LogP contribution in [0.2, 0.25) is 4.34 Å². The second-order valence-electron chi connectivity index (χ2n) is 3.72. The molecule has 0 bridgehead atoms. The lowest BCUT2D eigenvalue weighted by molar-refractivity contribution is 0.386. The number of nitrogens with zero attached hydrogens (tertiary/aromatic N) is 1. The Kier molecular flexibility index (Phi) is 3.63. The lowest BCUT2D eigenvalue weighted by atomic mass is 10.2. The first-order chi connectivity index (χ1) is 7.65. The molecule has 0 aliphatic carbocycles. The van der Waals surface area contributed by atoms with Crippen LogP contribution >= 0.6 is 22.9 Å². The second kappa shape index (κ2) is 4.99. The highest BCUT2D eigenvalue weighted by molar-refractivity contribution is 7.14. The van der Waals surface area contributed by atoms with E-state index in [2.05, 4.69) is 22.8 Å². The molecule has 0 saturated carbocycles. The molecule has 3 nitrogen and oxygen atoms in total. The summed E-state index contributed by atoms with van der Waals surface area (Å²) < 4.78 is 5.82. The van der Waals surface area contributed by atoms with Crippen LogP contribution in [0.3, 0.4) is 0 Å². The summed E-state index contributed by atoms with van der Waals surface area (Å²) >= 11 is 7.44. The summed E-state index contributed by atoms with van der Waals surface area (Å²) in [5.41, 5.74) is 2.13. The molecule has 1 atom stereocenters. The predicted molar refractivity (Wildman–Crippen MR) is 65.8 cm³/mol. The van der Waals surface area contributed by atoms with E-state index >= 15 is 0 Å². The van der Waals surface area contributed by atoms with Crippen LogP contribution in [-0.4, -0.2) is 5.16 Å². The molecule has 16 heavy (non-hydrogen) atoms. The third kappa shape index (κ3) is 2.84. The minimum atomic E-state index is 0.265. The van der Waals surface area contributed by atoms with Gasteiger partial charge >= 0.3 is 0 Å². The van der Waals surface area contributed by atoms with Crippen LogP contribution in [0.15, 0.2) is 22.0 Å². The van der Waals surface area contributed by atoms with E-state index < -0.39 is 0 Å². The summed E-state index contributed by atoms with van der Waals surface area (Å²) in [6.45, 7) is 4.69. The van der Waals surface area contributed by atoms with Crippen molar-refractivity contribution in [3.05, 3.63) is 38.9 Å². The number of hydrogen-bond donors (Lipinski definition) is 1. The highest BCUT2D eigenvalue weighted by Crippen LogP contribution is 2.24. The molecule has 0 aliphatic rings. The maximum absolute atomic E-state index is 5.89. The maximum Gasteiger partial charge on any atom is 0.133 e. The van der Waals surface area contributed by atoms with E-state index in [9.17, 15) is 0 Å². The fourth-order valence-electron chi connectivity index (χ4n) is 1.43. The van der Waals surface area contributed by atoms with E-state index in [1.165, 1.54) is 5.56 Å². The molecule has 86 valence electrons. The van der Waals surface area contributed by atoms with Gasteiger partial charge in [0.15, 0.2) is 0 Å². The van der Waals surface area contributed by atoms with Crippen molar-refractivity contribution in [2.45, 2.75) is 26.4 Å². The Morgan fingerprint density at radius 3 is 2.94 bits per heavy atom. The van der Waals surface area contributed by atoms with E-state index in [-0.39, 0.29) is 6.04 Å². The monoisotopic (exact) mass is 256 g/mol. The fraction of sp³-hybridized carbons (Fsp3) is 0.364. The number of rotatable bonds is 4. The predicted octanol–water partition coefficient (Wildman–Crippen LogP) is 3.55. The van der Waals surface area contributed by atoms with Crippen LogP contribution in [0.25, 0.3) is 0 Å². The average molecular weight is 257 g/mol. The lowest BCUT2D eigenvalue weighted by Gasteiger charge is -2.10. The van der Waals surface area contributed by atoms with Gasteiger partial charge in [0.25, 0.3) is 0 Å². The molecule has 2 aromatic rings. The van der Waals surface area contributed by atoms with Gasteiger partial charge in [-0.25, -0.2) is 0 Å². The largest absolute Gasteiger partial charge is 0.361 e. The normalized spacial score (nSPS) is 12.9. The summed E-state index contributed by atoms with van der Waals surface area (Å²) in [6, 6.07) is 4.18. The van der Waals surface area contributed by atoms with E-state index in [1.807, 2.05) is 19.1 Å². The maximum atomic E-state index is 5.89. The molecule has 5 heteroatoms. The minimum Gasteiger partial charge on any atom is -0.361 e. The number of aromatic nitrogens is 1. The summed E-state index contributed by atoms with van der Waals surface area (Å²) in [7, 11) is 0. The fourth-order valence-corrected chi connectivity index (χ4v) is 2.41. The molecule has 0 saturated heterocycles. The number of halogens is 1. The van der Waals surface area contributed by atoms with Crippen molar-refractivity contribution < 1.29 is 4.52 Å². The zero-order valence-corrected chi connectivity index (χ0v) is 10.7. The van der Waals surface area contributed by atoms with Gasteiger partial charge in [-0.15, -0.1) is 11.3 Å². The number of hydrogen-bond acceptors (Lipinski definition) is 4. The molecule has 0 radical (unpaired) electrons. The Labute approximate surface area is 103 Å². The molecule has 0 aromatic carbocycles. The first-order valence-electron chi connectivity index (χ1n) is 5.04. The van der Waals surface area contributed by atoms with Crippen molar-refractivity contribution in [3.63, 3.8) is 0 Å². The van der Waals surface area contributed by atoms with Crippen LogP contribution in [-0.2, 0) is 6.54 Å². The van der Waals surface area contributed by atoms with Gasteiger partial charge in [0, 0.05) is 18.7 Å². The SMILES string of the molecule is Cc1cc(CNC(C)c2csc(Cl)c2)no1. The molecule has 1 N–H and O–H groups in total. The van der Waals surface area contributed by atoms with Crippen LogP contribution in [0.1, 0.15) is 30.0 Å². The summed E-state index contributed by atoms with van der Waals surface area (Å²) in [5.74, 6) is 0.836. The van der Waals surface area contributed by atoms with E-state index in [1.54, 1.807) is 11.3 Å². The topological polar surface area (TPSA) is 38.1 Å². The van der Waals surface area contributed by atoms with Gasteiger partial charge in [-0.3, -0.25) is 0 Å². The van der Waals surface area contributed by atoms with Gasteiger partial charge in [0.05, 0.1) is 10.0 Å². The van der Waals surface area contributed by atoms with Gasteiger partial charge in [-0.1, -0.05) is 16.8 Å². The van der Waals surface area contributed by atoms with Crippen LogP contribution < -0.4 is 5.32 Å². The summed E-state index contributed by atoms with van der Waals surface area (Å²) in [5, 5.41) is 9.36. The Bertz CT molecular complexity index is 466. The minimum absolute atomic E-state index is 0.265.